The van der Waals surface area contributed by atoms with E-state index in [2.05, 4.69) is 32.1 Å². The summed E-state index contributed by atoms with van der Waals surface area (Å²) >= 11 is 0. The molecule has 4 rings (SSSR count). The predicted molar refractivity (Wildman–Crippen MR) is 98.6 cm³/mol. The molecule has 0 N–H and O–H groups in total. The SMILES string of the molecule is O=C(CCc1ccccc1)C1CCCN(Cc2nc3ncccn3n2)C1. The molecule has 1 atom stereocenters. The first-order valence-electron chi connectivity index (χ1n) is 9.23. The summed E-state index contributed by atoms with van der Waals surface area (Å²) in [6.07, 6.45) is 7.06. The summed E-state index contributed by atoms with van der Waals surface area (Å²) in [7, 11) is 0. The van der Waals surface area contributed by atoms with E-state index in [0.29, 0.717) is 24.5 Å². The highest BCUT2D eigenvalue weighted by Gasteiger charge is 2.26. The van der Waals surface area contributed by atoms with Crippen LogP contribution in [0.4, 0.5) is 0 Å². The quantitative estimate of drug-likeness (QED) is 0.684. The molecule has 0 aliphatic carbocycles. The van der Waals surface area contributed by atoms with E-state index in [4.69, 9.17) is 0 Å². The Bertz CT molecular complexity index is 843. The van der Waals surface area contributed by atoms with Crippen LogP contribution in [0.15, 0.2) is 48.8 Å². The molecule has 2 aromatic heterocycles. The number of hydrogen-bond acceptors (Lipinski definition) is 5. The van der Waals surface area contributed by atoms with Crippen molar-refractivity contribution in [2.75, 3.05) is 13.1 Å². The summed E-state index contributed by atoms with van der Waals surface area (Å²) in [5, 5.41) is 4.47. The van der Waals surface area contributed by atoms with Crippen molar-refractivity contribution in [1.82, 2.24) is 24.5 Å². The molecular weight excluding hydrogens is 326 g/mol. The third kappa shape index (κ3) is 3.96. The Kier molecular flexibility index (Phi) is 5.02. The van der Waals surface area contributed by atoms with Crippen molar-refractivity contribution in [3.05, 3.63) is 60.2 Å². The molecule has 0 amide bonds. The number of aryl methyl sites for hydroxylation is 1. The van der Waals surface area contributed by atoms with Gasteiger partial charge in [-0.1, -0.05) is 30.3 Å². The van der Waals surface area contributed by atoms with Crippen LogP contribution in [-0.4, -0.2) is 43.4 Å². The van der Waals surface area contributed by atoms with Crippen LogP contribution in [-0.2, 0) is 17.8 Å². The topological polar surface area (TPSA) is 63.4 Å². The van der Waals surface area contributed by atoms with Crippen molar-refractivity contribution < 1.29 is 4.79 Å². The van der Waals surface area contributed by atoms with Gasteiger partial charge in [-0.3, -0.25) is 9.69 Å². The molecule has 0 radical (unpaired) electrons. The average molecular weight is 349 g/mol. The summed E-state index contributed by atoms with van der Waals surface area (Å²) in [5.74, 6) is 1.89. The second-order valence-electron chi connectivity index (χ2n) is 6.92. The molecule has 3 heterocycles. The third-order valence-electron chi connectivity index (χ3n) is 4.99. The van der Waals surface area contributed by atoms with Gasteiger partial charge in [0.1, 0.15) is 5.78 Å². The smallest absolute Gasteiger partial charge is 0.252 e. The average Bonchev–Trinajstić information content (AvgIpc) is 3.09. The highest BCUT2D eigenvalue weighted by molar-refractivity contribution is 5.81. The lowest BCUT2D eigenvalue weighted by Crippen LogP contribution is -2.38. The van der Waals surface area contributed by atoms with Crippen molar-refractivity contribution in [3.63, 3.8) is 0 Å². The molecule has 1 aliphatic rings. The maximum Gasteiger partial charge on any atom is 0.252 e. The van der Waals surface area contributed by atoms with Crippen LogP contribution >= 0.6 is 0 Å². The molecule has 1 aromatic carbocycles. The van der Waals surface area contributed by atoms with E-state index in [1.807, 2.05) is 30.5 Å². The van der Waals surface area contributed by atoms with Crippen LogP contribution in [0.3, 0.4) is 0 Å². The molecular formula is C20H23N5O. The molecule has 0 spiro atoms. The first-order chi connectivity index (χ1) is 12.8. The van der Waals surface area contributed by atoms with E-state index in [-0.39, 0.29) is 5.92 Å². The highest BCUT2D eigenvalue weighted by atomic mass is 16.1. The van der Waals surface area contributed by atoms with Gasteiger partial charge in [-0.2, -0.15) is 4.98 Å². The minimum Gasteiger partial charge on any atom is -0.299 e. The fourth-order valence-corrected chi connectivity index (χ4v) is 3.62. The second-order valence-corrected chi connectivity index (χ2v) is 6.92. The van der Waals surface area contributed by atoms with Gasteiger partial charge in [0.05, 0.1) is 6.54 Å². The lowest BCUT2D eigenvalue weighted by atomic mass is 9.90. The second kappa shape index (κ2) is 7.74. The molecule has 0 bridgehead atoms. The van der Waals surface area contributed by atoms with Gasteiger partial charge in [-0.25, -0.2) is 9.50 Å². The summed E-state index contributed by atoms with van der Waals surface area (Å²) in [6.45, 7) is 2.47. The fourth-order valence-electron chi connectivity index (χ4n) is 3.62. The molecule has 26 heavy (non-hydrogen) atoms. The summed E-state index contributed by atoms with van der Waals surface area (Å²) in [5.41, 5.74) is 1.23. The summed E-state index contributed by atoms with van der Waals surface area (Å²) in [6, 6.07) is 12.1. The standard InChI is InChI=1S/C20H23N5O/c26-18(10-9-16-6-2-1-3-7-16)17-8-4-12-24(14-17)15-19-22-20-21-11-5-13-25(20)23-19/h1-3,5-7,11,13,17H,4,8-10,12,14-15H2. The first kappa shape index (κ1) is 16.8. The van der Waals surface area contributed by atoms with Gasteiger partial charge in [-0.05, 0) is 37.4 Å². The van der Waals surface area contributed by atoms with Crippen molar-refractivity contribution >= 4 is 11.6 Å². The lowest BCUT2D eigenvalue weighted by Gasteiger charge is -2.31. The first-order valence-corrected chi connectivity index (χ1v) is 9.23. The van der Waals surface area contributed by atoms with Crippen molar-refractivity contribution in [3.8, 4) is 0 Å². The van der Waals surface area contributed by atoms with Gasteiger partial charge in [-0.15, -0.1) is 5.10 Å². The Morgan fingerprint density at radius 2 is 2.08 bits per heavy atom. The Morgan fingerprint density at radius 3 is 2.92 bits per heavy atom. The molecule has 0 saturated carbocycles. The number of benzene rings is 1. The Morgan fingerprint density at radius 1 is 1.19 bits per heavy atom. The molecule has 1 fully saturated rings. The number of fused-ring (bicyclic) bond motifs is 1. The Hall–Kier alpha value is -2.60. The summed E-state index contributed by atoms with van der Waals surface area (Å²) < 4.78 is 1.70. The number of carbonyl (C=O) groups excluding carboxylic acids is 1. The highest BCUT2D eigenvalue weighted by Crippen LogP contribution is 2.20. The number of rotatable bonds is 6. The Balaban J connectivity index is 1.33. The number of carbonyl (C=O) groups is 1. The van der Waals surface area contributed by atoms with Crippen LogP contribution in [0.25, 0.3) is 5.78 Å². The van der Waals surface area contributed by atoms with E-state index in [1.165, 1.54) is 5.56 Å². The van der Waals surface area contributed by atoms with Crippen LogP contribution in [0.1, 0.15) is 30.7 Å². The molecule has 1 aliphatic heterocycles. The number of piperidine rings is 1. The van der Waals surface area contributed by atoms with Crippen molar-refractivity contribution in [2.45, 2.75) is 32.2 Å². The molecule has 1 saturated heterocycles. The van der Waals surface area contributed by atoms with Crippen molar-refractivity contribution in [1.29, 1.82) is 0 Å². The lowest BCUT2D eigenvalue weighted by molar-refractivity contribution is -0.124. The maximum absolute atomic E-state index is 12.6. The van der Waals surface area contributed by atoms with Gasteiger partial charge in [0.15, 0.2) is 5.82 Å². The van der Waals surface area contributed by atoms with E-state index in [0.717, 1.165) is 38.2 Å². The monoisotopic (exact) mass is 349 g/mol. The van der Waals surface area contributed by atoms with Gasteiger partial charge < -0.3 is 0 Å². The van der Waals surface area contributed by atoms with Crippen LogP contribution in [0.2, 0.25) is 0 Å². The van der Waals surface area contributed by atoms with Crippen LogP contribution in [0.5, 0.6) is 0 Å². The van der Waals surface area contributed by atoms with E-state index in [1.54, 1.807) is 10.7 Å². The molecule has 6 heteroatoms. The largest absolute Gasteiger partial charge is 0.299 e. The number of likely N-dealkylation sites (tertiary alicyclic amines) is 1. The zero-order valence-electron chi connectivity index (χ0n) is 14.8. The van der Waals surface area contributed by atoms with Gasteiger partial charge in [0.25, 0.3) is 5.78 Å². The molecule has 1 unspecified atom stereocenters. The number of ketones is 1. The van der Waals surface area contributed by atoms with Gasteiger partial charge >= 0.3 is 0 Å². The van der Waals surface area contributed by atoms with Crippen LogP contribution in [0, 0.1) is 5.92 Å². The van der Waals surface area contributed by atoms with E-state index in [9.17, 15) is 4.79 Å². The summed E-state index contributed by atoms with van der Waals surface area (Å²) in [4.78, 5) is 23.6. The molecule has 3 aromatic rings. The predicted octanol–water partition coefficient (Wildman–Crippen LogP) is 2.54. The minimum absolute atomic E-state index is 0.127. The number of Topliss-reactive ketones (excluding diaryl/α,β-unsaturated/α-hetero) is 1. The van der Waals surface area contributed by atoms with Gasteiger partial charge in [0.2, 0.25) is 0 Å². The van der Waals surface area contributed by atoms with Crippen LogP contribution < -0.4 is 0 Å². The number of hydrogen-bond donors (Lipinski definition) is 0. The molecule has 134 valence electrons. The zero-order chi connectivity index (χ0) is 17.8. The Labute approximate surface area is 152 Å². The van der Waals surface area contributed by atoms with Gasteiger partial charge in [0, 0.05) is 31.3 Å². The number of aromatic nitrogens is 4. The molecule has 6 nitrogen and oxygen atoms in total. The zero-order valence-corrected chi connectivity index (χ0v) is 14.8. The van der Waals surface area contributed by atoms with E-state index < -0.39 is 0 Å². The number of nitrogens with zero attached hydrogens (tertiary/aromatic N) is 5. The fraction of sp³-hybridized carbons (Fsp3) is 0.400. The minimum atomic E-state index is 0.127. The third-order valence-corrected chi connectivity index (χ3v) is 4.99. The van der Waals surface area contributed by atoms with E-state index >= 15 is 0 Å². The maximum atomic E-state index is 12.6. The normalized spacial score (nSPS) is 18.2. The van der Waals surface area contributed by atoms with Crippen molar-refractivity contribution in [2.24, 2.45) is 5.92 Å².